The number of aryl methyl sites for hydroxylation is 2. The Hall–Kier alpha value is -3.83. The number of ketones is 1. The van der Waals surface area contributed by atoms with Gasteiger partial charge in [-0.15, -0.1) is 0 Å². The summed E-state index contributed by atoms with van der Waals surface area (Å²) in [5, 5.41) is 8.91. The molecule has 0 amide bonds. The highest BCUT2D eigenvalue weighted by Crippen LogP contribution is 2.34. The van der Waals surface area contributed by atoms with E-state index in [1.165, 1.54) is 25.3 Å². The van der Waals surface area contributed by atoms with Gasteiger partial charge in [0.15, 0.2) is 5.78 Å². The molecule has 0 N–H and O–H groups in total. The Bertz CT molecular complexity index is 1520. The molecule has 0 aliphatic carbocycles. The topological polar surface area (TPSA) is 130 Å². The first-order valence-corrected chi connectivity index (χ1v) is 13.2. The van der Waals surface area contributed by atoms with Gasteiger partial charge in [-0.2, -0.15) is 22.7 Å². The van der Waals surface area contributed by atoms with Crippen molar-refractivity contribution in [2.75, 3.05) is 0 Å². The molecule has 39 heavy (non-hydrogen) atoms. The van der Waals surface area contributed by atoms with Crippen LogP contribution < -0.4 is 0 Å². The predicted octanol–water partition coefficient (Wildman–Crippen LogP) is 3.82. The highest BCUT2D eigenvalue weighted by Gasteiger charge is 2.48. The molecule has 1 aliphatic rings. The first kappa shape index (κ1) is 28.2. The van der Waals surface area contributed by atoms with E-state index in [-0.39, 0.29) is 35.4 Å². The normalized spacial score (nSPS) is 20.1. The van der Waals surface area contributed by atoms with E-state index in [0.717, 1.165) is 22.9 Å². The Morgan fingerprint density at radius 2 is 1.82 bits per heavy atom. The van der Waals surface area contributed by atoms with Gasteiger partial charge >= 0.3 is 6.18 Å². The first-order chi connectivity index (χ1) is 18.3. The van der Waals surface area contributed by atoms with E-state index in [0.29, 0.717) is 16.8 Å². The zero-order valence-electron chi connectivity index (χ0n) is 20.7. The van der Waals surface area contributed by atoms with Gasteiger partial charge in [0.2, 0.25) is 15.8 Å². The van der Waals surface area contributed by atoms with E-state index in [9.17, 15) is 30.8 Å². The summed E-state index contributed by atoms with van der Waals surface area (Å²) in [6.45, 7) is 3.13. The molecule has 1 aliphatic heterocycles. The third kappa shape index (κ3) is 5.79. The van der Waals surface area contributed by atoms with Crippen LogP contribution in [0.2, 0.25) is 0 Å². The van der Waals surface area contributed by atoms with Crippen molar-refractivity contribution in [3.8, 4) is 17.3 Å². The molecule has 0 saturated carbocycles. The van der Waals surface area contributed by atoms with E-state index in [4.69, 9.17) is 5.26 Å². The standard InChI is InChI=1S/C25H22F4N6O3S/c1-14-10-32-21(17-11-33-24(34-12-17)25(27,28)29)7-16(14)3-6-23(36)22-8-20(26)15(2)35(22)39(37,38)19-5-4-18(9-30)31-13-19/h4-5,7,10-13,15,20,22H,3,6,8H2,1-2H3/t15-,20+,22-/m0/s1. The van der Waals surface area contributed by atoms with Gasteiger partial charge in [-0.05, 0) is 49.6 Å². The summed E-state index contributed by atoms with van der Waals surface area (Å²) in [4.78, 5) is 27.6. The molecule has 9 nitrogen and oxygen atoms in total. The number of pyridine rings is 2. The minimum Gasteiger partial charge on any atom is -0.298 e. The van der Waals surface area contributed by atoms with Crippen molar-refractivity contribution in [2.24, 2.45) is 0 Å². The summed E-state index contributed by atoms with van der Waals surface area (Å²) < 4.78 is 80.5. The number of Topliss-reactive ketones (excluding diaryl/α,β-unsaturated/α-hetero) is 1. The summed E-state index contributed by atoms with van der Waals surface area (Å²) in [5.74, 6) is -1.76. The molecule has 0 unspecified atom stereocenters. The second kappa shape index (κ2) is 10.7. The van der Waals surface area contributed by atoms with Gasteiger partial charge in [-0.1, -0.05) is 0 Å². The second-order valence-electron chi connectivity index (χ2n) is 9.09. The lowest BCUT2D eigenvalue weighted by Gasteiger charge is -2.26. The van der Waals surface area contributed by atoms with Crippen LogP contribution in [0, 0.1) is 18.3 Å². The molecule has 0 bridgehead atoms. The Kier molecular flexibility index (Phi) is 7.76. The first-order valence-electron chi connectivity index (χ1n) is 11.7. The molecule has 4 rings (SSSR count). The van der Waals surface area contributed by atoms with Crippen LogP contribution in [0.3, 0.4) is 0 Å². The smallest absolute Gasteiger partial charge is 0.298 e. The van der Waals surface area contributed by atoms with E-state index in [2.05, 4.69) is 19.9 Å². The number of carbonyl (C=O) groups is 1. The van der Waals surface area contributed by atoms with Gasteiger partial charge in [0.1, 0.15) is 22.8 Å². The molecule has 204 valence electrons. The van der Waals surface area contributed by atoms with Crippen molar-refractivity contribution in [1.29, 1.82) is 5.26 Å². The number of carbonyl (C=O) groups excluding carboxylic acids is 1. The Morgan fingerprint density at radius 1 is 1.13 bits per heavy atom. The number of nitriles is 1. The van der Waals surface area contributed by atoms with Crippen LogP contribution >= 0.6 is 0 Å². The van der Waals surface area contributed by atoms with Gasteiger partial charge in [0, 0.05) is 43.2 Å². The minimum absolute atomic E-state index is 0.00867. The third-order valence-corrected chi connectivity index (χ3v) is 8.51. The third-order valence-electron chi connectivity index (χ3n) is 6.54. The zero-order valence-corrected chi connectivity index (χ0v) is 21.5. The average Bonchev–Trinajstić information content (AvgIpc) is 3.22. The van der Waals surface area contributed by atoms with Crippen molar-refractivity contribution in [3.05, 3.63) is 65.6 Å². The lowest BCUT2D eigenvalue weighted by atomic mass is 9.99. The van der Waals surface area contributed by atoms with Crippen LogP contribution in [0.4, 0.5) is 17.6 Å². The number of nitrogens with zero attached hydrogens (tertiary/aromatic N) is 6. The molecule has 0 spiro atoms. The molecular formula is C25H22F4N6O3S. The van der Waals surface area contributed by atoms with Crippen molar-refractivity contribution in [2.45, 2.75) is 62.4 Å². The SMILES string of the molecule is Cc1cnc(-c2cnc(C(F)(F)F)nc2)cc1CCC(=O)[C@@H]1C[C@@H](F)[C@H](C)N1S(=O)(=O)c1ccc(C#N)nc1. The van der Waals surface area contributed by atoms with Crippen LogP contribution in [0.1, 0.15) is 42.4 Å². The van der Waals surface area contributed by atoms with Gasteiger partial charge in [0.05, 0.1) is 17.8 Å². The lowest BCUT2D eigenvalue weighted by molar-refractivity contribution is -0.145. The van der Waals surface area contributed by atoms with E-state index in [1.54, 1.807) is 19.1 Å². The van der Waals surface area contributed by atoms with Crippen molar-refractivity contribution in [1.82, 2.24) is 24.2 Å². The molecule has 4 heterocycles. The summed E-state index contributed by atoms with van der Waals surface area (Å²) in [6.07, 6.45) is -1.99. The van der Waals surface area contributed by atoms with Crippen LogP contribution in [-0.2, 0) is 27.4 Å². The maximum absolute atomic E-state index is 14.7. The zero-order chi connectivity index (χ0) is 28.5. The van der Waals surface area contributed by atoms with Crippen molar-refractivity contribution >= 4 is 15.8 Å². The number of alkyl halides is 4. The van der Waals surface area contributed by atoms with Gasteiger partial charge in [-0.3, -0.25) is 9.78 Å². The molecule has 14 heteroatoms. The molecule has 0 radical (unpaired) electrons. The van der Waals surface area contributed by atoms with Gasteiger partial charge in [0.25, 0.3) is 0 Å². The van der Waals surface area contributed by atoms with E-state index < -0.39 is 46.1 Å². The molecule has 0 aromatic carbocycles. The lowest BCUT2D eigenvalue weighted by Crippen LogP contribution is -2.44. The number of hydrogen-bond acceptors (Lipinski definition) is 8. The monoisotopic (exact) mass is 562 g/mol. The average molecular weight is 563 g/mol. The van der Waals surface area contributed by atoms with Gasteiger partial charge in [-0.25, -0.2) is 27.8 Å². The van der Waals surface area contributed by atoms with Crippen LogP contribution in [0.5, 0.6) is 0 Å². The van der Waals surface area contributed by atoms with Crippen LogP contribution in [0.15, 0.2) is 47.9 Å². The Labute approximate surface area is 221 Å². The van der Waals surface area contributed by atoms with Crippen LogP contribution in [-0.4, -0.2) is 56.7 Å². The fourth-order valence-electron chi connectivity index (χ4n) is 4.36. The molecule has 1 saturated heterocycles. The molecule has 3 atom stereocenters. The van der Waals surface area contributed by atoms with Crippen LogP contribution in [0.25, 0.3) is 11.3 Å². The van der Waals surface area contributed by atoms with Gasteiger partial charge < -0.3 is 0 Å². The highest BCUT2D eigenvalue weighted by molar-refractivity contribution is 7.89. The molecule has 3 aromatic rings. The highest BCUT2D eigenvalue weighted by atomic mass is 32.2. The summed E-state index contributed by atoms with van der Waals surface area (Å²) in [7, 11) is -4.29. The Balaban J connectivity index is 1.53. The second-order valence-corrected chi connectivity index (χ2v) is 10.9. The number of aromatic nitrogens is 4. The predicted molar refractivity (Wildman–Crippen MR) is 129 cm³/mol. The minimum atomic E-state index is -4.68. The quantitative estimate of drug-likeness (QED) is 0.398. The summed E-state index contributed by atoms with van der Waals surface area (Å²) >= 11 is 0. The number of hydrogen-bond donors (Lipinski definition) is 0. The van der Waals surface area contributed by atoms with E-state index in [1.807, 2.05) is 0 Å². The number of rotatable bonds is 7. The molecule has 1 fully saturated rings. The fraction of sp³-hybridized carbons (Fsp3) is 0.360. The Morgan fingerprint density at radius 3 is 2.41 bits per heavy atom. The number of halogens is 4. The summed E-state index contributed by atoms with van der Waals surface area (Å²) in [5.41, 5.74) is 1.91. The largest absolute Gasteiger partial charge is 0.451 e. The van der Waals surface area contributed by atoms with Crippen molar-refractivity contribution < 1.29 is 30.8 Å². The summed E-state index contributed by atoms with van der Waals surface area (Å²) in [6, 6.07) is 3.47. The maximum atomic E-state index is 14.7. The fourth-order valence-corrected chi connectivity index (χ4v) is 6.14. The molecule has 3 aromatic heterocycles. The van der Waals surface area contributed by atoms with Crippen molar-refractivity contribution in [3.63, 3.8) is 0 Å². The molecular weight excluding hydrogens is 540 g/mol. The van der Waals surface area contributed by atoms with E-state index >= 15 is 0 Å². The maximum Gasteiger partial charge on any atom is 0.451 e. The number of sulfonamides is 1.